The van der Waals surface area contributed by atoms with Gasteiger partial charge >= 0.3 is 0 Å². The molecule has 2 aromatic carbocycles. The van der Waals surface area contributed by atoms with Crippen molar-refractivity contribution in [3.8, 4) is 16.9 Å². The summed E-state index contributed by atoms with van der Waals surface area (Å²) in [5, 5.41) is 23.6. The van der Waals surface area contributed by atoms with Crippen molar-refractivity contribution in [1.29, 1.82) is 0 Å². The first-order chi connectivity index (χ1) is 14.0. The lowest BCUT2D eigenvalue weighted by Gasteiger charge is -2.23. The van der Waals surface area contributed by atoms with Crippen LogP contribution in [0.1, 0.15) is 39.8 Å². The van der Waals surface area contributed by atoms with E-state index in [1.54, 1.807) is 16.6 Å². The van der Waals surface area contributed by atoms with Gasteiger partial charge in [-0.2, -0.15) is 5.10 Å². The molecule has 0 saturated heterocycles. The van der Waals surface area contributed by atoms with Crippen LogP contribution in [0.25, 0.3) is 16.8 Å². The van der Waals surface area contributed by atoms with Crippen molar-refractivity contribution in [2.45, 2.75) is 25.7 Å². The van der Waals surface area contributed by atoms with E-state index < -0.39 is 0 Å². The normalized spacial score (nSPS) is 16.2. The first-order valence-corrected chi connectivity index (χ1v) is 10.1. The van der Waals surface area contributed by atoms with Gasteiger partial charge in [-0.25, -0.2) is 4.52 Å². The van der Waals surface area contributed by atoms with Crippen molar-refractivity contribution in [2.24, 2.45) is 0 Å². The number of para-hydroxylation sites is 1. The number of benzene rings is 2. The smallest absolute Gasteiger partial charge is 0.185 e. The van der Waals surface area contributed by atoms with E-state index in [0.29, 0.717) is 24.2 Å². The van der Waals surface area contributed by atoms with Gasteiger partial charge in [0.15, 0.2) is 17.1 Å². The largest absolute Gasteiger partial charge is 0.508 e. The minimum absolute atomic E-state index is 0.0766. The summed E-state index contributed by atoms with van der Waals surface area (Å²) in [6, 6.07) is 15.1. The van der Waals surface area contributed by atoms with Crippen LogP contribution >= 0.6 is 15.9 Å². The minimum atomic E-state index is -0.121. The molecule has 7 heteroatoms. The predicted octanol–water partition coefficient (Wildman–Crippen LogP) is 4.48. The van der Waals surface area contributed by atoms with Gasteiger partial charge in [0, 0.05) is 16.8 Å². The van der Waals surface area contributed by atoms with E-state index in [0.717, 1.165) is 32.6 Å². The summed E-state index contributed by atoms with van der Waals surface area (Å²) in [4.78, 5) is 12.8. The molecular weight excluding hydrogens is 432 g/mol. The molecule has 6 nitrogen and oxygen atoms in total. The Morgan fingerprint density at radius 3 is 2.59 bits per heavy atom. The summed E-state index contributed by atoms with van der Waals surface area (Å²) in [6.07, 6.45) is 0.857. The molecule has 0 saturated carbocycles. The number of Topliss-reactive ketones (excluding diaryl/α,β-unsaturated/α-hetero) is 1. The number of hydrogen-bond acceptors (Lipinski definition) is 5. The molecule has 2 heterocycles. The van der Waals surface area contributed by atoms with E-state index in [9.17, 15) is 9.90 Å². The number of carbonyl (C=O) groups excluding carboxylic acids is 1. The summed E-state index contributed by atoms with van der Waals surface area (Å²) < 4.78 is 2.74. The van der Waals surface area contributed by atoms with E-state index in [1.807, 2.05) is 43.3 Å². The van der Waals surface area contributed by atoms with Gasteiger partial charge in [-0.1, -0.05) is 46.3 Å². The van der Waals surface area contributed by atoms with E-state index in [2.05, 4.69) is 26.1 Å². The Labute approximate surface area is 175 Å². The molecule has 144 valence electrons. The number of nitrogens with zero attached hydrogens (tertiary/aromatic N) is 4. The fraction of sp³-hybridized carbons (Fsp3) is 0.182. The van der Waals surface area contributed by atoms with E-state index in [-0.39, 0.29) is 17.5 Å². The predicted molar refractivity (Wildman–Crippen MR) is 112 cm³/mol. The van der Waals surface area contributed by atoms with Crippen LogP contribution in [0.15, 0.2) is 53.0 Å². The lowest BCUT2D eigenvalue weighted by molar-refractivity contribution is 0.0955. The molecule has 0 bridgehead atoms. The van der Waals surface area contributed by atoms with Crippen molar-refractivity contribution in [2.75, 3.05) is 0 Å². The molecule has 1 N–H and O–H groups in total. The van der Waals surface area contributed by atoms with Gasteiger partial charge in [0.05, 0.1) is 17.0 Å². The van der Waals surface area contributed by atoms with E-state index in [4.69, 9.17) is 5.10 Å². The summed E-state index contributed by atoms with van der Waals surface area (Å²) in [5.41, 5.74) is 5.24. The fourth-order valence-corrected chi connectivity index (χ4v) is 4.35. The number of fused-ring (bicyclic) bond motifs is 3. The Hall–Kier alpha value is -3.06. The minimum Gasteiger partial charge on any atom is -0.508 e. The van der Waals surface area contributed by atoms with Crippen molar-refractivity contribution in [1.82, 2.24) is 19.8 Å². The molecule has 1 aliphatic rings. The van der Waals surface area contributed by atoms with Crippen molar-refractivity contribution in [3.63, 3.8) is 0 Å². The van der Waals surface area contributed by atoms with Crippen LogP contribution in [0, 0.1) is 6.92 Å². The molecule has 0 radical (unpaired) electrons. The fourth-order valence-electron chi connectivity index (χ4n) is 4.08. The van der Waals surface area contributed by atoms with Gasteiger partial charge in [-0.3, -0.25) is 4.79 Å². The van der Waals surface area contributed by atoms with Crippen molar-refractivity contribution in [3.05, 3.63) is 75.6 Å². The molecule has 1 aliphatic carbocycles. The first kappa shape index (κ1) is 18.0. The molecule has 1 unspecified atom stereocenters. The Kier molecular flexibility index (Phi) is 4.20. The van der Waals surface area contributed by atoms with Gasteiger partial charge < -0.3 is 5.11 Å². The number of carbonyl (C=O) groups is 1. The van der Waals surface area contributed by atoms with Crippen LogP contribution in [0.5, 0.6) is 5.75 Å². The molecule has 5 rings (SSSR count). The highest BCUT2D eigenvalue weighted by Gasteiger charge is 2.32. The molecule has 4 aromatic rings. The maximum Gasteiger partial charge on any atom is 0.185 e. The lowest BCUT2D eigenvalue weighted by Crippen LogP contribution is -2.24. The SMILES string of the molecule is Cc1nn2c3c(nnc2c1-c1ccc(Br)cc1)C(=O)CC(c1ccccc1O)C3. The average Bonchev–Trinajstić information content (AvgIpc) is 3.05. The third-order valence-electron chi connectivity index (χ3n) is 5.45. The highest BCUT2D eigenvalue weighted by Crippen LogP contribution is 2.37. The third kappa shape index (κ3) is 2.93. The number of aromatic hydroxyl groups is 1. The Morgan fingerprint density at radius 1 is 1.07 bits per heavy atom. The van der Waals surface area contributed by atoms with Gasteiger partial charge in [-0.15, -0.1) is 10.2 Å². The molecule has 0 aliphatic heterocycles. The van der Waals surface area contributed by atoms with Gasteiger partial charge in [0.1, 0.15) is 5.75 Å². The second-order valence-electron chi connectivity index (χ2n) is 7.29. The molecule has 2 aromatic heterocycles. The van der Waals surface area contributed by atoms with Gasteiger partial charge in [-0.05, 0) is 42.7 Å². The number of ketones is 1. The molecule has 1 atom stereocenters. The molecule has 0 amide bonds. The quantitative estimate of drug-likeness (QED) is 0.488. The van der Waals surface area contributed by atoms with Crippen LogP contribution in [-0.2, 0) is 6.42 Å². The highest BCUT2D eigenvalue weighted by atomic mass is 79.9. The van der Waals surface area contributed by atoms with E-state index >= 15 is 0 Å². The number of hydrogen-bond donors (Lipinski definition) is 1. The summed E-state index contributed by atoms with van der Waals surface area (Å²) >= 11 is 3.46. The maximum absolute atomic E-state index is 12.8. The maximum atomic E-state index is 12.8. The second kappa shape index (κ2) is 6.77. The number of halogens is 1. The number of rotatable bonds is 2. The zero-order valence-corrected chi connectivity index (χ0v) is 17.2. The topological polar surface area (TPSA) is 80.4 Å². The molecule has 29 heavy (non-hydrogen) atoms. The van der Waals surface area contributed by atoms with E-state index in [1.165, 1.54) is 0 Å². The van der Waals surface area contributed by atoms with Crippen LogP contribution < -0.4 is 0 Å². The standard InChI is InChI=1S/C22H17BrN4O2/c1-12-20(13-6-8-15(23)9-7-13)22-25-24-21-17(27(22)26-12)10-14(11-19(21)29)16-4-2-3-5-18(16)28/h2-9,14,28H,10-11H2,1H3. The molecule has 0 spiro atoms. The van der Waals surface area contributed by atoms with Gasteiger partial charge in [0.2, 0.25) is 0 Å². The zero-order chi connectivity index (χ0) is 20.1. The van der Waals surface area contributed by atoms with Crippen LogP contribution in [0.4, 0.5) is 0 Å². The summed E-state index contributed by atoms with van der Waals surface area (Å²) in [6.45, 7) is 1.93. The van der Waals surface area contributed by atoms with Crippen LogP contribution in [0.3, 0.4) is 0 Å². The number of aromatic nitrogens is 4. The Bertz CT molecular complexity index is 1260. The Balaban J connectivity index is 1.67. The molecule has 0 fully saturated rings. The first-order valence-electron chi connectivity index (χ1n) is 9.35. The van der Waals surface area contributed by atoms with Gasteiger partial charge in [0.25, 0.3) is 0 Å². The van der Waals surface area contributed by atoms with Crippen LogP contribution in [-0.4, -0.2) is 30.7 Å². The number of phenols is 1. The highest BCUT2D eigenvalue weighted by molar-refractivity contribution is 9.10. The summed E-state index contributed by atoms with van der Waals surface area (Å²) in [5.74, 6) is 0.00990. The second-order valence-corrected chi connectivity index (χ2v) is 8.20. The Morgan fingerprint density at radius 2 is 1.83 bits per heavy atom. The van der Waals surface area contributed by atoms with Crippen molar-refractivity contribution < 1.29 is 9.90 Å². The average molecular weight is 449 g/mol. The lowest BCUT2D eigenvalue weighted by atomic mass is 9.83. The van der Waals surface area contributed by atoms with Crippen LogP contribution in [0.2, 0.25) is 0 Å². The molecular formula is C22H17BrN4O2. The van der Waals surface area contributed by atoms with Crippen molar-refractivity contribution >= 4 is 27.4 Å². The number of aryl methyl sites for hydroxylation is 1. The zero-order valence-electron chi connectivity index (χ0n) is 15.6. The number of phenolic OH excluding ortho intramolecular Hbond substituents is 1. The summed E-state index contributed by atoms with van der Waals surface area (Å²) in [7, 11) is 0. The third-order valence-corrected chi connectivity index (χ3v) is 5.98. The monoisotopic (exact) mass is 448 g/mol.